The number of hydrogen-bond donors (Lipinski definition) is 2. The minimum atomic E-state index is -0.755. The van der Waals surface area contributed by atoms with Crippen LogP contribution in [-0.2, 0) is 4.79 Å². The predicted octanol–water partition coefficient (Wildman–Crippen LogP) is 2.63. The summed E-state index contributed by atoms with van der Waals surface area (Å²) in [4.78, 5) is 31.1. The van der Waals surface area contributed by atoms with Crippen LogP contribution in [-0.4, -0.2) is 21.6 Å². The van der Waals surface area contributed by atoms with E-state index in [2.05, 4.69) is 15.3 Å². The van der Waals surface area contributed by atoms with Crippen LogP contribution < -0.4 is 10.9 Å². The average molecular weight is 337 g/mol. The van der Waals surface area contributed by atoms with Crippen LogP contribution >= 0.6 is 11.8 Å². The molecule has 0 radical (unpaired) electrons. The molecule has 0 saturated carbocycles. The van der Waals surface area contributed by atoms with Gasteiger partial charge in [-0.05, 0) is 23.4 Å². The average Bonchev–Trinajstić information content (AvgIpc) is 2.45. The molecule has 5 nitrogen and oxygen atoms in total. The Morgan fingerprint density at radius 1 is 1.26 bits per heavy atom. The number of anilines is 1. The number of hydrogen-bond acceptors (Lipinski definition) is 4. The molecule has 1 amide bonds. The van der Waals surface area contributed by atoms with Gasteiger partial charge in [-0.2, -0.15) is 0 Å². The fraction of sp³-hybridized carbons (Fsp3) is 0.267. The number of thioether (sulfide) groups is 1. The van der Waals surface area contributed by atoms with Gasteiger partial charge in [0, 0.05) is 18.4 Å². The Hall–Kier alpha value is -2.22. The zero-order valence-electron chi connectivity index (χ0n) is 12.2. The molecule has 0 bridgehead atoms. The quantitative estimate of drug-likeness (QED) is 0.667. The third kappa shape index (κ3) is 3.12. The SMILES string of the molecule is CCSc1nc2c(c(=O)[nH]1)C(c1cc(F)cc(F)c1)CC(=O)N2. The summed E-state index contributed by atoms with van der Waals surface area (Å²) >= 11 is 1.33. The second-order valence-corrected chi connectivity index (χ2v) is 6.33. The lowest BCUT2D eigenvalue weighted by atomic mass is 9.87. The molecule has 1 aromatic carbocycles. The van der Waals surface area contributed by atoms with Crippen molar-refractivity contribution in [1.29, 1.82) is 0 Å². The molecule has 0 saturated heterocycles. The first-order valence-electron chi connectivity index (χ1n) is 7.00. The lowest BCUT2D eigenvalue weighted by molar-refractivity contribution is -0.116. The van der Waals surface area contributed by atoms with E-state index in [4.69, 9.17) is 0 Å². The molecule has 0 spiro atoms. The number of benzene rings is 1. The maximum atomic E-state index is 13.5. The Balaban J connectivity index is 2.15. The highest BCUT2D eigenvalue weighted by molar-refractivity contribution is 7.99. The highest BCUT2D eigenvalue weighted by atomic mass is 32.2. The van der Waals surface area contributed by atoms with E-state index in [1.807, 2.05) is 6.92 Å². The van der Waals surface area contributed by atoms with E-state index in [9.17, 15) is 18.4 Å². The van der Waals surface area contributed by atoms with E-state index in [-0.39, 0.29) is 29.3 Å². The number of rotatable bonds is 3. The van der Waals surface area contributed by atoms with Crippen molar-refractivity contribution >= 4 is 23.5 Å². The van der Waals surface area contributed by atoms with Gasteiger partial charge in [0.15, 0.2) is 5.16 Å². The number of nitrogens with zero attached hydrogens (tertiary/aromatic N) is 1. The number of carbonyl (C=O) groups excluding carboxylic acids is 1. The van der Waals surface area contributed by atoms with Gasteiger partial charge >= 0.3 is 0 Å². The minimum Gasteiger partial charge on any atom is -0.310 e. The summed E-state index contributed by atoms with van der Waals surface area (Å²) in [5.41, 5.74) is 0.0393. The number of H-pyrrole nitrogens is 1. The van der Waals surface area contributed by atoms with Crippen LogP contribution in [0, 0.1) is 11.6 Å². The number of fused-ring (bicyclic) bond motifs is 1. The summed E-state index contributed by atoms with van der Waals surface area (Å²) in [6.45, 7) is 1.90. The molecule has 2 heterocycles. The standard InChI is InChI=1S/C15H13F2N3O2S/c1-2-23-15-19-13-12(14(22)20-15)10(6-11(21)18-13)7-3-8(16)5-9(17)4-7/h3-5,10H,2,6H2,1H3,(H2,18,19,20,21,22). The van der Waals surface area contributed by atoms with E-state index < -0.39 is 23.1 Å². The van der Waals surface area contributed by atoms with Crippen molar-refractivity contribution in [2.45, 2.75) is 24.4 Å². The van der Waals surface area contributed by atoms with E-state index in [1.165, 1.54) is 11.8 Å². The topological polar surface area (TPSA) is 74.8 Å². The second-order valence-electron chi connectivity index (χ2n) is 5.07. The van der Waals surface area contributed by atoms with Crippen molar-refractivity contribution in [3.05, 3.63) is 51.3 Å². The molecule has 0 aliphatic carbocycles. The number of aromatic amines is 1. The second kappa shape index (κ2) is 6.11. The van der Waals surface area contributed by atoms with Gasteiger partial charge in [-0.25, -0.2) is 13.8 Å². The van der Waals surface area contributed by atoms with Gasteiger partial charge in [-0.1, -0.05) is 18.7 Å². The summed E-state index contributed by atoms with van der Waals surface area (Å²) < 4.78 is 27.0. The Morgan fingerprint density at radius 3 is 2.61 bits per heavy atom. The number of carbonyl (C=O) groups is 1. The first-order valence-corrected chi connectivity index (χ1v) is 7.99. The summed E-state index contributed by atoms with van der Waals surface area (Å²) in [5, 5.41) is 2.95. The molecule has 2 aromatic rings. The van der Waals surface area contributed by atoms with E-state index >= 15 is 0 Å². The van der Waals surface area contributed by atoms with Crippen molar-refractivity contribution in [2.75, 3.05) is 11.1 Å². The Labute approximate surface area is 134 Å². The Morgan fingerprint density at radius 2 is 1.96 bits per heavy atom. The monoisotopic (exact) mass is 337 g/mol. The molecule has 3 rings (SSSR count). The largest absolute Gasteiger partial charge is 0.310 e. The number of nitrogens with one attached hydrogen (secondary N) is 2. The van der Waals surface area contributed by atoms with Crippen LogP contribution in [0.2, 0.25) is 0 Å². The molecule has 1 aliphatic rings. The van der Waals surface area contributed by atoms with Gasteiger partial charge in [0.2, 0.25) is 5.91 Å². The predicted molar refractivity (Wildman–Crippen MR) is 82.7 cm³/mol. The molecule has 120 valence electrons. The van der Waals surface area contributed by atoms with Crippen molar-refractivity contribution in [1.82, 2.24) is 9.97 Å². The highest BCUT2D eigenvalue weighted by Gasteiger charge is 2.31. The van der Waals surface area contributed by atoms with Gasteiger partial charge in [0.25, 0.3) is 5.56 Å². The summed E-state index contributed by atoms with van der Waals surface area (Å²) in [6.07, 6.45) is -0.0685. The van der Waals surface area contributed by atoms with Crippen LogP contribution in [0.4, 0.5) is 14.6 Å². The first kappa shape index (κ1) is 15.7. The van der Waals surface area contributed by atoms with Gasteiger partial charge in [0.05, 0.1) is 5.56 Å². The zero-order chi connectivity index (χ0) is 16.6. The summed E-state index contributed by atoms with van der Waals surface area (Å²) in [7, 11) is 0. The summed E-state index contributed by atoms with van der Waals surface area (Å²) in [5.74, 6) is -1.74. The molecule has 2 N–H and O–H groups in total. The van der Waals surface area contributed by atoms with Crippen molar-refractivity contribution in [2.24, 2.45) is 0 Å². The normalized spacial score (nSPS) is 16.8. The van der Waals surface area contributed by atoms with Gasteiger partial charge in [-0.15, -0.1) is 0 Å². The minimum absolute atomic E-state index is 0.0685. The number of halogens is 2. The third-order valence-corrected chi connectivity index (χ3v) is 4.25. The maximum absolute atomic E-state index is 13.5. The van der Waals surface area contributed by atoms with Crippen molar-refractivity contribution in [3.8, 4) is 0 Å². The molecule has 0 fully saturated rings. The van der Waals surface area contributed by atoms with Crippen LogP contribution in [0.1, 0.15) is 30.4 Å². The lowest BCUT2D eigenvalue weighted by Crippen LogP contribution is -2.31. The molecular formula is C15H13F2N3O2S. The number of amides is 1. The first-order chi connectivity index (χ1) is 11.0. The van der Waals surface area contributed by atoms with E-state index in [0.29, 0.717) is 10.9 Å². The van der Waals surface area contributed by atoms with Crippen LogP contribution in [0.5, 0.6) is 0 Å². The fourth-order valence-electron chi connectivity index (χ4n) is 2.62. The van der Waals surface area contributed by atoms with Crippen LogP contribution in [0.25, 0.3) is 0 Å². The number of aromatic nitrogens is 2. The summed E-state index contributed by atoms with van der Waals surface area (Å²) in [6, 6.07) is 3.01. The van der Waals surface area contributed by atoms with Crippen molar-refractivity contribution in [3.63, 3.8) is 0 Å². The molecule has 8 heteroatoms. The Bertz CT molecular complexity index is 818. The van der Waals surface area contributed by atoms with Gasteiger partial charge in [-0.3, -0.25) is 9.59 Å². The van der Waals surface area contributed by atoms with E-state index in [0.717, 1.165) is 18.2 Å². The Kier molecular flexibility index (Phi) is 4.16. The van der Waals surface area contributed by atoms with Gasteiger partial charge in [0.1, 0.15) is 17.5 Å². The van der Waals surface area contributed by atoms with Gasteiger partial charge < -0.3 is 10.3 Å². The lowest BCUT2D eigenvalue weighted by Gasteiger charge is -2.24. The van der Waals surface area contributed by atoms with E-state index in [1.54, 1.807) is 0 Å². The maximum Gasteiger partial charge on any atom is 0.257 e. The third-order valence-electron chi connectivity index (χ3n) is 3.50. The van der Waals surface area contributed by atoms with Crippen LogP contribution in [0.15, 0.2) is 28.2 Å². The molecular weight excluding hydrogens is 324 g/mol. The zero-order valence-corrected chi connectivity index (χ0v) is 13.0. The molecule has 1 unspecified atom stereocenters. The van der Waals surface area contributed by atoms with Crippen LogP contribution in [0.3, 0.4) is 0 Å². The van der Waals surface area contributed by atoms with Crippen molar-refractivity contribution < 1.29 is 13.6 Å². The molecule has 23 heavy (non-hydrogen) atoms. The smallest absolute Gasteiger partial charge is 0.257 e. The molecule has 1 atom stereocenters. The highest BCUT2D eigenvalue weighted by Crippen LogP contribution is 2.34. The molecule has 1 aliphatic heterocycles. The fourth-order valence-corrected chi connectivity index (χ4v) is 3.21. The molecule has 1 aromatic heterocycles.